The predicted octanol–water partition coefficient (Wildman–Crippen LogP) is 2.70. The van der Waals surface area contributed by atoms with Gasteiger partial charge in [-0.1, -0.05) is 32.0 Å². The molecular weight excluding hydrogens is 384 g/mol. The van der Waals surface area contributed by atoms with Crippen molar-refractivity contribution in [2.24, 2.45) is 11.7 Å². The molecule has 7 nitrogen and oxygen atoms in total. The molecule has 2 aliphatic heterocycles. The zero-order valence-electron chi connectivity index (χ0n) is 17.5. The maximum Gasteiger partial charge on any atom is 0.341 e. The van der Waals surface area contributed by atoms with Gasteiger partial charge in [0, 0.05) is 30.6 Å². The molecule has 1 amide bonds. The number of ether oxygens (including phenoxy) is 2. The van der Waals surface area contributed by atoms with Gasteiger partial charge in [0.1, 0.15) is 16.7 Å². The number of nitrogens with zero attached hydrogens (tertiary/aromatic N) is 1. The summed E-state index contributed by atoms with van der Waals surface area (Å²) in [6, 6.07) is 7.27. The fraction of sp³-hybridized carbons (Fsp3) is 0.435. The molecule has 2 heterocycles. The average Bonchev–Trinajstić information content (AvgIpc) is 2.91. The third kappa shape index (κ3) is 2.68. The number of Topliss-reactive ketones (excluding diaryl/α,β-unsaturated/α-hetero) is 1. The second-order valence-corrected chi connectivity index (χ2v) is 8.21. The van der Waals surface area contributed by atoms with Crippen LogP contribution in [0.4, 0.5) is 5.69 Å². The number of fused-ring (bicyclic) bond motifs is 3. The molecule has 1 aromatic carbocycles. The molecule has 4 rings (SSSR count). The summed E-state index contributed by atoms with van der Waals surface area (Å²) in [5, 5.41) is 0. The van der Waals surface area contributed by atoms with E-state index >= 15 is 0 Å². The lowest BCUT2D eigenvalue weighted by Crippen LogP contribution is -2.51. The van der Waals surface area contributed by atoms with Gasteiger partial charge in [0.2, 0.25) is 11.8 Å². The highest BCUT2D eigenvalue weighted by Gasteiger charge is 2.63. The fourth-order valence-corrected chi connectivity index (χ4v) is 4.77. The third-order valence-electron chi connectivity index (χ3n) is 5.79. The van der Waals surface area contributed by atoms with Crippen LogP contribution in [0.2, 0.25) is 0 Å². The van der Waals surface area contributed by atoms with E-state index in [0.717, 1.165) is 0 Å². The molecule has 1 atom stereocenters. The molecule has 3 aliphatic rings. The Kier molecular flexibility index (Phi) is 4.92. The Bertz CT molecular complexity index is 1010. The molecule has 158 valence electrons. The minimum atomic E-state index is -1.63. The zero-order valence-corrected chi connectivity index (χ0v) is 17.5. The standard InChI is InChI=1S/C23H26N2O5/c1-4-29-21(27)19-20(24)30-17-11-7-10-16(26)18(17)23(19)14-8-5-6-9-15(14)25(22(23)28)12-13(2)3/h5-6,8-9,13H,4,7,10-12,24H2,1-3H3. The first-order valence-electron chi connectivity index (χ1n) is 10.4. The van der Waals surface area contributed by atoms with Gasteiger partial charge in [-0.2, -0.15) is 0 Å². The summed E-state index contributed by atoms with van der Waals surface area (Å²) in [7, 11) is 0. The summed E-state index contributed by atoms with van der Waals surface area (Å²) in [5.74, 6) is -0.897. The van der Waals surface area contributed by atoms with Crippen molar-refractivity contribution in [3.05, 3.63) is 52.6 Å². The number of carbonyl (C=O) groups excluding carboxylic acids is 3. The van der Waals surface area contributed by atoms with Crippen LogP contribution in [0.1, 0.15) is 45.6 Å². The van der Waals surface area contributed by atoms with Crippen LogP contribution < -0.4 is 10.6 Å². The molecule has 0 saturated carbocycles. The lowest BCUT2D eigenvalue weighted by Gasteiger charge is -2.39. The smallest absolute Gasteiger partial charge is 0.341 e. The van der Waals surface area contributed by atoms with Gasteiger partial charge in [-0.05, 0) is 25.3 Å². The van der Waals surface area contributed by atoms with Gasteiger partial charge in [-0.15, -0.1) is 0 Å². The number of amides is 1. The van der Waals surface area contributed by atoms with Crippen LogP contribution in [0.15, 0.2) is 47.1 Å². The molecular formula is C23H26N2O5. The number of nitrogens with two attached hydrogens (primary N) is 1. The molecule has 1 spiro atoms. The Morgan fingerprint density at radius 3 is 2.70 bits per heavy atom. The Labute approximate surface area is 175 Å². The summed E-state index contributed by atoms with van der Waals surface area (Å²) in [4.78, 5) is 42.1. The number of hydrogen-bond acceptors (Lipinski definition) is 6. The summed E-state index contributed by atoms with van der Waals surface area (Å²) in [6.45, 7) is 6.26. The van der Waals surface area contributed by atoms with Crippen LogP contribution in [0, 0.1) is 5.92 Å². The van der Waals surface area contributed by atoms with Crippen molar-refractivity contribution in [2.45, 2.75) is 45.4 Å². The molecule has 0 aromatic heterocycles. The second-order valence-electron chi connectivity index (χ2n) is 8.21. The molecule has 1 aliphatic carbocycles. The number of anilines is 1. The van der Waals surface area contributed by atoms with Crippen LogP contribution in [0.5, 0.6) is 0 Å². The van der Waals surface area contributed by atoms with Gasteiger partial charge in [0.25, 0.3) is 0 Å². The molecule has 1 aromatic rings. The second kappa shape index (κ2) is 7.31. The van der Waals surface area contributed by atoms with Crippen LogP contribution in [-0.4, -0.2) is 30.8 Å². The third-order valence-corrected chi connectivity index (χ3v) is 5.79. The summed E-state index contributed by atoms with van der Waals surface area (Å²) < 4.78 is 11.0. The lowest BCUT2D eigenvalue weighted by atomic mass is 9.64. The maximum atomic E-state index is 14.1. The Hall–Kier alpha value is -3.09. The number of rotatable bonds is 4. The van der Waals surface area contributed by atoms with E-state index in [1.165, 1.54) is 0 Å². The van der Waals surface area contributed by atoms with E-state index in [1.54, 1.807) is 24.0 Å². The minimum Gasteiger partial charge on any atom is -0.462 e. The van der Waals surface area contributed by atoms with Crippen molar-refractivity contribution in [3.8, 4) is 0 Å². The molecule has 2 N–H and O–H groups in total. The van der Waals surface area contributed by atoms with Gasteiger partial charge >= 0.3 is 5.97 Å². The first-order chi connectivity index (χ1) is 14.3. The molecule has 30 heavy (non-hydrogen) atoms. The van der Waals surface area contributed by atoms with Crippen LogP contribution in [-0.2, 0) is 29.3 Å². The van der Waals surface area contributed by atoms with Crippen molar-refractivity contribution >= 4 is 23.3 Å². The van der Waals surface area contributed by atoms with E-state index in [1.807, 2.05) is 26.0 Å². The van der Waals surface area contributed by atoms with E-state index in [4.69, 9.17) is 15.2 Å². The van der Waals surface area contributed by atoms with E-state index in [9.17, 15) is 14.4 Å². The topological polar surface area (TPSA) is 98.9 Å². The van der Waals surface area contributed by atoms with Crippen molar-refractivity contribution in [3.63, 3.8) is 0 Å². The maximum absolute atomic E-state index is 14.1. The number of benzene rings is 1. The van der Waals surface area contributed by atoms with Crippen molar-refractivity contribution in [2.75, 3.05) is 18.1 Å². The monoisotopic (exact) mass is 410 g/mol. The summed E-state index contributed by atoms with van der Waals surface area (Å²) in [6.07, 6.45) is 1.39. The number of carbonyl (C=O) groups is 3. The molecule has 0 bridgehead atoms. The van der Waals surface area contributed by atoms with Gasteiger partial charge in [0.15, 0.2) is 5.78 Å². The molecule has 0 saturated heterocycles. The molecule has 1 unspecified atom stereocenters. The fourth-order valence-electron chi connectivity index (χ4n) is 4.77. The lowest BCUT2D eigenvalue weighted by molar-refractivity contribution is -0.141. The predicted molar refractivity (Wildman–Crippen MR) is 110 cm³/mol. The first-order valence-corrected chi connectivity index (χ1v) is 10.4. The van der Waals surface area contributed by atoms with E-state index in [2.05, 4.69) is 0 Å². The number of para-hydroxylation sites is 1. The Balaban J connectivity index is 2.06. The highest BCUT2D eigenvalue weighted by molar-refractivity contribution is 6.23. The van der Waals surface area contributed by atoms with Gasteiger partial charge in [-0.25, -0.2) is 4.79 Å². The van der Waals surface area contributed by atoms with E-state index in [-0.39, 0.29) is 41.2 Å². The van der Waals surface area contributed by atoms with Crippen LogP contribution in [0.25, 0.3) is 0 Å². The first kappa shape index (κ1) is 20.2. The van der Waals surface area contributed by atoms with Gasteiger partial charge in [-0.3, -0.25) is 9.59 Å². The highest BCUT2D eigenvalue weighted by Crippen LogP contribution is 2.56. The molecule has 7 heteroatoms. The van der Waals surface area contributed by atoms with Crippen LogP contribution in [0.3, 0.4) is 0 Å². The van der Waals surface area contributed by atoms with Crippen molar-refractivity contribution in [1.29, 1.82) is 0 Å². The molecule has 0 radical (unpaired) electrons. The number of ketones is 1. The molecule has 0 fully saturated rings. The summed E-state index contributed by atoms with van der Waals surface area (Å²) >= 11 is 0. The van der Waals surface area contributed by atoms with Crippen LogP contribution >= 0.6 is 0 Å². The number of allylic oxidation sites excluding steroid dienone is 1. The van der Waals surface area contributed by atoms with Gasteiger partial charge < -0.3 is 20.1 Å². The minimum absolute atomic E-state index is 0.0953. The van der Waals surface area contributed by atoms with E-state index < -0.39 is 11.4 Å². The SMILES string of the molecule is CCOC(=O)C1=C(N)OC2=C(C(=O)CCC2)C12C(=O)N(CC(C)C)c1ccccc12. The highest BCUT2D eigenvalue weighted by atomic mass is 16.5. The average molecular weight is 410 g/mol. The van der Waals surface area contributed by atoms with Crippen molar-refractivity contribution in [1.82, 2.24) is 0 Å². The Morgan fingerprint density at radius 1 is 1.27 bits per heavy atom. The summed E-state index contributed by atoms with van der Waals surface area (Å²) in [5.41, 5.74) is 5.98. The Morgan fingerprint density at radius 2 is 2.00 bits per heavy atom. The van der Waals surface area contributed by atoms with Gasteiger partial charge in [0.05, 0.1) is 12.2 Å². The number of esters is 1. The quantitative estimate of drug-likeness (QED) is 0.767. The largest absolute Gasteiger partial charge is 0.462 e. The number of hydrogen-bond donors (Lipinski definition) is 1. The van der Waals surface area contributed by atoms with E-state index in [0.29, 0.717) is 42.8 Å². The zero-order chi connectivity index (χ0) is 21.6. The normalized spacial score (nSPS) is 23.1. The van der Waals surface area contributed by atoms with Crippen molar-refractivity contribution < 1.29 is 23.9 Å².